The quantitative estimate of drug-likeness (QED) is 0.869. The predicted molar refractivity (Wildman–Crippen MR) is 83.0 cm³/mol. The fraction of sp³-hybridized carbons (Fsp3) is 0.438. The minimum Gasteiger partial charge on any atom is -0.481 e. The van der Waals surface area contributed by atoms with Gasteiger partial charge in [0.05, 0.1) is 30.1 Å². The number of ether oxygens (including phenoxy) is 1. The second kappa shape index (κ2) is 6.37. The lowest BCUT2D eigenvalue weighted by Gasteiger charge is -2.26. The van der Waals surface area contributed by atoms with E-state index in [1.165, 1.54) is 0 Å². The lowest BCUT2D eigenvalue weighted by molar-refractivity contribution is -0.138. The number of fused-ring (bicyclic) bond motifs is 3. The maximum Gasteiger partial charge on any atom is 0.303 e. The van der Waals surface area contributed by atoms with Crippen molar-refractivity contribution in [2.75, 3.05) is 13.2 Å². The van der Waals surface area contributed by atoms with Crippen LogP contribution in [0.5, 0.6) is 0 Å². The molecule has 2 aromatic rings. The van der Waals surface area contributed by atoms with Gasteiger partial charge in [0.15, 0.2) is 0 Å². The van der Waals surface area contributed by atoms with Gasteiger partial charge in [-0.15, -0.1) is 0 Å². The molecule has 0 spiro atoms. The van der Waals surface area contributed by atoms with E-state index in [0.29, 0.717) is 19.8 Å². The Balaban J connectivity index is 1.75. The molecule has 1 aromatic heterocycles. The fourth-order valence-electron chi connectivity index (χ4n) is 2.82. The second-order valence-electron chi connectivity index (χ2n) is 5.76. The number of aromatic nitrogens is 2. The summed E-state index contributed by atoms with van der Waals surface area (Å²) in [6, 6.07) is 6.06. The second-order valence-corrected chi connectivity index (χ2v) is 5.76. The van der Waals surface area contributed by atoms with E-state index in [9.17, 15) is 9.59 Å². The van der Waals surface area contributed by atoms with Crippen LogP contribution in [0.3, 0.4) is 0 Å². The molecule has 0 radical (unpaired) electrons. The van der Waals surface area contributed by atoms with Crippen LogP contribution >= 0.6 is 0 Å². The first-order valence-corrected chi connectivity index (χ1v) is 7.58. The van der Waals surface area contributed by atoms with Crippen LogP contribution in [0.4, 0.5) is 0 Å². The van der Waals surface area contributed by atoms with E-state index in [0.717, 1.165) is 22.4 Å². The first-order chi connectivity index (χ1) is 11.0. The smallest absolute Gasteiger partial charge is 0.303 e. The van der Waals surface area contributed by atoms with Crippen LogP contribution in [-0.4, -0.2) is 39.7 Å². The average Bonchev–Trinajstić information content (AvgIpc) is 2.88. The molecule has 7 heteroatoms. The van der Waals surface area contributed by atoms with Gasteiger partial charge >= 0.3 is 5.97 Å². The molecule has 1 amide bonds. The van der Waals surface area contributed by atoms with E-state index < -0.39 is 5.97 Å². The van der Waals surface area contributed by atoms with Crippen LogP contribution in [0.25, 0.3) is 11.0 Å². The highest BCUT2D eigenvalue weighted by molar-refractivity contribution is 5.80. The number of amides is 1. The Bertz CT molecular complexity index is 753. The summed E-state index contributed by atoms with van der Waals surface area (Å²) in [7, 11) is 0. The van der Waals surface area contributed by atoms with Crippen molar-refractivity contribution >= 4 is 22.9 Å². The summed E-state index contributed by atoms with van der Waals surface area (Å²) in [6.07, 6.45) is -0.175. The normalized spacial score (nSPS) is 17.0. The molecule has 0 saturated carbocycles. The van der Waals surface area contributed by atoms with Crippen molar-refractivity contribution in [3.05, 3.63) is 29.6 Å². The van der Waals surface area contributed by atoms with Gasteiger partial charge < -0.3 is 19.7 Å². The molecule has 2 N–H and O–H groups in total. The van der Waals surface area contributed by atoms with E-state index in [-0.39, 0.29) is 24.8 Å². The van der Waals surface area contributed by atoms with Gasteiger partial charge in [-0.2, -0.15) is 0 Å². The largest absolute Gasteiger partial charge is 0.481 e. The number of carbonyl (C=O) groups excluding carboxylic acids is 1. The van der Waals surface area contributed by atoms with Crippen LogP contribution in [0.15, 0.2) is 18.2 Å². The maximum atomic E-state index is 11.7. The summed E-state index contributed by atoms with van der Waals surface area (Å²) in [5, 5.41) is 11.4. The number of aliphatic carboxylic acids is 1. The Labute approximate surface area is 133 Å². The van der Waals surface area contributed by atoms with Crippen molar-refractivity contribution < 1.29 is 19.4 Å². The molecule has 3 rings (SSSR count). The van der Waals surface area contributed by atoms with Crippen molar-refractivity contribution in [2.45, 2.75) is 32.4 Å². The fourth-order valence-corrected chi connectivity index (χ4v) is 2.82. The lowest BCUT2D eigenvalue weighted by atomic mass is 10.2. The maximum absolute atomic E-state index is 11.7. The number of carbonyl (C=O) groups is 2. The summed E-state index contributed by atoms with van der Waals surface area (Å²) < 4.78 is 7.68. The minimum atomic E-state index is -0.973. The van der Waals surface area contributed by atoms with Gasteiger partial charge in [-0.1, -0.05) is 6.07 Å². The van der Waals surface area contributed by atoms with Gasteiger partial charge in [0.25, 0.3) is 0 Å². The number of benzene rings is 1. The first kappa shape index (κ1) is 15.5. The van der Waals surface area contributed by atoms with Gasteiger partial charge in [-0.25, -0.2) is 4.98 Å². The molecule has 0 bridgehead atoms. The molecule has 1 unspecified atom stereocenters. The van der Waals surface area contributed by atoms with Crippen molar-refractivity contribution in [3.63, 3.8) is 0 Å². The Morgan fingerprint density at radius 2 is 2.26 bits per heavy atom. The minimum absolute atomic E-state index is 0.0142. The lowest BCUT2D eigenvalue weighted by Crippen LogP contribution is -2.35. The topological polar surface area (TPSA) is 93.5 Å². The van der Waals surface area contributed by atoms with E-state index >= 15 is 0 Å². The Kier molecular flexibility index (Phi) is 4.29. The standard InChI is InChI=1S/C16H19N3O4/c1-10-2-3-13-12(6-10)18-14-9-23-8-11(19(13)14)7-17-15(20)4-5-16(21)22/h2-3,6,11H,4-5,7-9H2,1H3,(H,17,20)(H,21,22). The third-order valence-corrected chi connectivity index (χ3v) is 3.93. The van der Waals surface area contributed by atoms with Crippen molar-refractivity contribution in [1.82, 2.24) is 14.9 Å². The Morgan fingerprint density at radius 3 is 3.04 bits per heavy atom. The highest BCUT2D eigenvalue weighted by atomic mass is 16.5. The molecule has 1 aliphatic heterocycles. The van der Waals surface area contributed by atoms with Crippen LogP contribution in [0.2, 0.25) is 0 Å². The first-order valence-electron chi connectivity index (χ1n) is 7.58. The molecule has 122 valence electrons. The summed E-state index contributed by atoms with van der Waals surface area (Å²) in [5.74, 6) is -0.388. The molecule has 1 atom stereocenters. The van der Waals surface area contributed by atoms with Gasteiger partial charge in [0.1, 0.15) is 12.4 Å². The molecule has 2 heterocycles. The summed E-state index contributed by atoms with van der Waals surface area (Å²) in [5.41, 5.74) is 3.10. The van der Waals surface area contributed by atoms with Gasteiger partial charge in [0, 0.05) is 13.0 Å². The number of nitrogens with zero attached hydrogens (tertiary/aromatic N) is 2. The molecule has 1 aromatic carbocycles. The number of carboxylic acids is 1. The van der Waals surface area contributed by atoms with Gasteiger partial charge in [0.2, 0.25) is 5.91 Å². The zero-order valence-corrected chi connectivity index (χ0v) is 12.9. The zero-order valence-electron chi connectivity index (χ0n) is 12.9. The van der Waals surface area contributed by atoms with Crippen LogP contribution in [0.1, 0.15) is 30.3 Å². The summed E-state index contributed by atoms with van der Waals surface area (Å²) >= 11 is 0. The molecule has 0 saturated heterocycles. The van der Waals surface area contributed by atoms with Crippen molar-refractivity contribution in [3.8, 4) is 0 Å². The number of carboxylic acid groups (broad SMARTS) is 1. The number of aryl methyl sites for hydroxylation is 1. The van der Waals surface area contributed by atoms with Gasteiger partial charge in [-0.3, -0.25) is 9.59 Å². The average molecular weight is 317 g/mol. The van der Waals surface area contributed by atoms with E-state index in [2.05, 4.69) is 14.9 Å². The molecule has 7 nitrogen and oxygen atoms in total. The highest BCUT2D eigenvalue weighted by Gasteiger charge is 2.24. The van der Waals surface area contributed by atoms with Crippen LogP contribution in [-0.2, 0) is 20.9 Å². The van der Waals surface area contributed by atoms with E-state index in [4.69, 9.17) is 9.84 Å². The van der Waals surface area contributed by atoms with E-state index in [1.54, 1.807) is 0 Å². The van der Waals surface area contributed by atoms with Crippen molar-refractivity contribution in [2.24, 2.45) is 0 Å². The SMILES string of the molecule is Cc1ccc2c(c1)nc1n2C(CNC(=O)CCC(=O)O)COC1. The number of hydrogen-bond acceptors (Lipinski definition) is 4. The zero-order chi connectivity index (χ0) is 16.4. The Hall–Kier alpha value is -2.41. The number of nitrogens with one attached hydrogen (secondary N) is 1. The molecule has 23 heavy (non-hydrogen) atoms. The number of rotatable bonds is 5. The Morgan fingerprint density at radius 1 is 1.43 bits per heavy atom. The predicted octanol–water partition coefficient (Wildman–Crippen LogP) is 1.40. The number of imidazole rings is 1. The summed E-state index contributed by atoms with van der Waals surface area (Å²) in [4.78, 5) is 26.8. The summed E-state index contributed by atoms with van der Waals surface area (Å²) in [6.45, 7) is 3.36. The highest BCUT2D eigenvalue weighted by Crippen LogP contribution is 2.26. The molecular weight excluding hydrogens is 298 g/mol. The third-order valence-electron chi connectivity index (χ3n) is 3.93. The van der Waals surface area contributed by atoms with Gasteiger partial charge in [-0.05, 0) is 24.6 Å². The molecule has 0 fully saturated rings. The third kappa shape index (κ3) is 3.34. The van der Waals surface area contributed by atoms with Crippen LogP contribution < -0.4 is 5.32 Å². The monoisotopic (exact) mass is 317 g/mol. The number of hydrogen-bond donors (Lipinski definition) is 2. The van der Waals surface area contributed by atoms with E-state index in [1.807, 2.05) is 25.1 Å². The molecule has 1 aliphatic rings. The molecular formula is C16H19N3O4. The van der Waals surface area contributed by atoms with Crippen LogP contribution in [0, 0.1) is 6.92 Å². The van der Waals surface area contributed by atoms with Crippen molar-refractivity contribution in [1.29, 1.82) is 0 Å². The molecule has 0 aliphatic carbocycles.